The van der Waals surface area contributed by atoms with Crippen molar-refractivity contribution in [1.82, 2.24) is 0 Å². The highest BCUT2D eigenvalue weighted by molar-refractivity contribution is 5.96. The lowest BCUT2D eigenvalue weighted by Gasteiger charge is -2.26. The zero-order valence-corrected chi connectivity index (χ0v) is 15.3. The quantitative estimate of drug-likeness (QED) is 0.677. The minimum atomic E-state index is -0.511. The van der Waals surface area contributed by atoms with Crippen LogP contribution in [0.4, 0.5) is 5.69 Å². The Hall–Kier alpha value is -2.33. The lowest BCUT2D eigenvalue weighted by molar-refractivity contribution is -0.129. The molecular weight excluding hydrogens is 314 g/mol. The van der Waals surface area contributed by atoms with E-state index in [1.165, 1.54) is 0 Å². The largest absolute Gasteiger partial charge is 0.497 e. The summed E-state index contributed by atoms with van der Waals surface area (Å²) in [6, 6.07) is 17.5. The van der Waals surface area contributed by atoms with Gasteiger partial charge in [-0.3, -0.25) is 4.79 Å². The zero-order valence-electron chi connectivity index (χ0n) is 15.3. The summed E-state index contributed by atoms with van der Waals surface area (Å²) in [7, 11) is 1.64. The summed E-state index contributed by atoms with van der Waals surface area (Å²) in [6.45, 7) is 5.01. The van der Waals surface area contributed by atoms with Gasteiger partial charge in [-0.15, -0.1) is 0 Å². The van der Waals surface area contributed by atoms with E-state index < -0.39 is 6.10 Å². The van der Waals surface area contributed by atoms with Gasteiger partial charge in [-0.05, 0) is 43.2 Å². The Bertz CT molecular complexity index is 657. The van der Waals surface area contributed by atoms with Crippen LogP contribution >= 0.6 is 0 Å². The number of carbonyl (C=O) groups excluding carboxylic acids is 1. The van der Waals surface area contributed by atoms with E-state index in [0.29, 0.717) is 13.2 Å². The van der Waals surface area contributed by atoms with Crippen molar-refractivity contribution in [2.24, 2.45) is 0 Å². The molecule has 0 fully saturated rings. The van der Waals surface area contributed by atoms with Gasteiger partial charge in [0.2, 0.25) is 0 Å². The number of hydrogen-bond donors (Lipinski definition) is 0. The minimum absolute atomic E-state index is 0.0115. The first-order chi connectivity index (χ1) is 12.2. The first kappa shape index (κ1) is 19.0. The Balaban J connectivity index is 2.02. The third-order valence-corrected chi connectivity index (χ3v) is 4.05. The lowest BCUT2D eigenvalue weighted by atomic mass is 10.2. The number of anilines is 1. The molecule has 0 spiro atoms. The summed E-state index contributed by atoms with van der Waals surface area (Å²) in [5.41, 5.74) is 1.90. The van der Waals surface area contributed by atoms with E-state index in [1.54, 1.807) is 7.11 Å². The van der Waals surface area contributed by atoms with Crippen molar-refractivity contribution < 1.29 is 14.3 Å². The number of unbranched alkanes of at least 4 members (excludes halogenated alkanes) is 1. The number of ether oxygens (including phenoxy) is 2. The summed E-state index contributed by atoms with van der Waals surface area (Å²) in [5.74, 6) is 0.775. The van der Waals surface area contributed by atoms with Gasteiger partial charge in [0.1, 0.15) is 11.9 Å². The van der Waals surface area contributed by atoms with E-state index in [9.17, 15) is 4.79 Å². The molecule has 0 radical (unpaired) electrons. The molecule has 2 aromatic carbocycles. The predicted octanol–water partition coefficient (Wildman–Crippen LogP) is 4.43. The number of carbonyl (C=O) groups is 1. The molecule has 0 saturated heterocycles. The van der Waals surface area contributed by atoms with Crippen LogP contribution < -0.4 is 9.64 Å². The van der Waals surface area contributed by atoms with E-state index in [1.807, 2.05) is 66.4 Å². The van der Waals surface area contributed by atoms with Gasteiger partial charge in [0.15, 0.2) is 0 Å². The molecule has 0 aliphatic carbocycles. The number of nitrogens with zero attached hydrogens (tertiary/aromatic N) is 1. The van der Waals surface area contributed by atoms with Crippen LogP contribution in [0.3, 0.4) is 0 Å². The van der Waals surface area contributed by atoms with Gasteiger partial charge in [0.25, 0.3) is 5.91 Å². The van der Waals surface area contributed by atoms with Crippen LogP contribution in [-0.2, 0) is 16.1 Å². The van der Waals surface area contributed by atoms with Crippen molar-refractivity contribution in [3.8, 4) is 5.75 Å². The molecule has 0 aromatic heterocycles. The van der Waals surface area contributed by atoms with E-state index in [4.69, 9.17) is 9.47 Å². The molecule has 0 aliphatic heterocycles. The van der Waals surface area contributed by atoms with Gasteiger partial charge in [-0.2, -0.15) is 0 Å². The maximum absolute atomic E-state index is 12.9. The van der Waals surface area contributed by atoms with Crippen molar-refractivity contribution in [2.45, 2.75) is 39.4 Å². The third-order valence-electron chi connectivity index (χ3n) is 4.05. The SMILES string of the molecule is CCCCN(C(=O)C(C)OCc1cccc(OC)c1)c1ccccc1. The Morgan fingerprint density at radius 1 is 1.12 bits per heavy atom. The fraction of sp³-hybridized carbons (Fsp3) is 0.381. The second kappa shape index (κ2) is 9.84. The molecule has 0 bridgehead atoms. The zero-order chi connectivity index (χ0) is 18.1. The average Bonchev–Trinajstić information content (AvgIpc) is 2.67. The minimum Gasteiger partial charge on any atom is -0.497 e. The van der Waals surface area contributed by atoms with Gasteiger partial charge < -0.3 is 14.4 Å². The number of para-hydroxylation sites is 1. The third kappa shape index (κ3) is 5.61. The number of hydrogen-bond acceptors (Lipinski definition) is 3. The number of benzene rings is 2. The molecule has 1 atom stereocenters. The number of rotatable bonds is 9. The maximum atomic E-state index is 12.9. The molecule has 4 nitrogen and oxygen atoms in total. The highest BCUT2D eigenvalue weighted by Crippen LogP contribution is 2.18. The van der Waals surface area contributed by atoms with E-state index in [-0.39, 0.29) is 5.91 Å². The van der Waals surface area contributed by atoms with Crippen LogP contribution in [0.1, 0.15) is 32.3 Å². The molecule has 0 aliphatic rings. The van der Waals surface area contributed by atoms with E-state index >= 15 is 0 Å². The van der Waals surface area contributed by atoms with Crippen LogP contribution in [0.25, 0.3) is 0 Å². The molecule has 2 aromatic rings. The summed E-state index contributed by atoms with van der Waals surface area (Å²) in [5, 5.41) is 0. The van der Waals surface area contributed by atoms with Crippen molar-refractivity contribution in [1.29, 1.82) is 0 Å². The Kier molecular flexibility index (Phi) is 7.48. The van der Waals surface area contributed by atoms with E-state index in [2.05, 4.69) is 6.92 Å². The van der Waals surface area contributed by atoms with Crippen molar-refractivity contribution in [3.05, 3.63) is 60.2 Å². The van der Waals surface area contributed by atoms with Gasteiger partial charge in [-0.1, -0.05) is 43.7 Å². The molecular formula is C21H27NO3. The maximum Gasteiger partial charge on any atom is 0.255 e. The van der Waals surface area contributed by atoms with Crippen LogP contribution in [0, 0.1) is 0 Å². The fourth-order valence-corrected chi connectivity index (χ4v) is 2.56. The number of methoxy groups -OCH3 is 1. The summed E-state index contributed by atoms with van der Waals surface area (Å²) in [6.07, 6.45) is 1.49. The van der Waals surface area contributed by atoms with Gasteiger partial charge >= 0.3 is 0 Å². The van der Waals surface area contributed by atoms with Gasteiger partial charge in [0.05, 0.1) is 13.7 Å². The van der Waals surface area contributed by atoms with Crippen LogP contribution in [0.5, 0.6) is 5.75 Å². The summed E-state index contributed by atoms with van der Waals surface area (Å²) < 4.78 is 11.0. The Morgan fingerprint density at radius 2 is 1.88 bits per heavy atom. The predicted molar refractivity (Wildman–Crippen MR) is 101 cm³/mol. The van der Waals surface area contributed by atoms with Crippen LogP contribution in [0.15, 0.2) is 54.6 Å². The monoisotopic (exact) mass is 341 g/mol. The first-order valence-corrected chi connectivity index (χ1v) is 8.76. The van der Waals surface area contributed by atoms with Crippen LogP contribution in [0.2, 0.25) is 0 Å². The molecule has 134 valence electrons. The standard InChI is InChI=1S/C21H27NO3/c1-4-5-14-22(19-11-7-6-8-12-19)21(23)17(2)25-16-18-10-9-13-20(15-18)24-3/h6-13,15,17H,4-5,14,16H2,1-3H3. The molecule has 0 saturated carbocycles. The van der Waals surface area contributed by atoms with Gasteiger partial charge in [0, 0.05) is 12.2 Å². The Morgan fingerprint density at radius 3 is 2.56 bits per heavy atom. The topological polar surface area (TPSA) is 38.8 Å². The average molecular weight is 341 g/mol. The smallest absolute Gasteiger partial charge is 0.255 e. The molecule has 0 heterocycles. The normalized spacial score (nSPS) is 11.8. The molecule has 0 N–H and O–H groups in total. The van der Waals surface area contributed by atoms with Crippen molar-refractivity contribution in [3.63, 3.8) is 0 Å². The van der Waals surface area contributed by atoms with Crippen LogP contribution in [-0.4, -0.2) is 25.7 Å². The van der Waals surface area contributed by atoms with Gasteiger partial charge in [-0.25, -0.2) is 0 Å². The number of amides is 1. The molecule has 1 amide bonds. The second-order valence-corrected chi connectivity index (χ2v) is 5.98. The van der Waals surface area contributed by atoms with Crippen molar-refractivity contribution in [2.75, 3.05) is 18.6 Å². The summed E-state index contributed by atoms with van der Waals surface area (Å²) >= 11 is 0. The fourth-order valence-electron chi connectivity index (χ4n) is 2.56. The second-order valence-electron chi connectivity index (χ2n) is 5.98. The highest BCUT2D eigenvalue weighted by Gasteiger charge is 2.22. The highest BCUT2D eigenvalue weighted by atomic mass is 16.5. The molecule has 2 rings (SSSR count). The van der Waals surface area contributed by atoms with E-state index in [0.717, 1.165) is 29.8 Å². The molecule has 25 heavy (non-hydrogen) atoms. The van der Waals surface area contributed by atoms with Crippen molar-refractivity contribution >= 4 is 11.6 Å². The lowest BCUT2D eigenvalue weighted by Crippen LogP contribution is -2.39. The first-order valence-electron chi connectivity index (χ1n) is 8.76. The molecule has 4 heteroatoms. The summed E-state index contributed by atoms with van der Waals surface area (Å²) in [4.78, 5) is 14.7. The Labute approximate surface area is 150 Å². The molecule has 1 unspecified atom stereocenters.